The lowest BCUT2D eigenvalue weighted by Crippen LogP contribution is -2.60. The van der Waals surface area contributed by atoms with E-state index in [4.69, 9.17) is 0 Å². The van der Waals surface area contributed by atoms with Crippen LogP contribution < -0.4 is 15.7 Å². The van der Waals surface area contributed by atoms with Gasteiger partial charge in [0.2, 0.25) is 0 Å². The Balaban J connectivity index is 1.25. The van der Waals surface area contributed by atoms with Gasteiger partial charge in [0.15, 0.2) is 0 Å². The average molecular weight is 825 g/mol. The first-order valence-corrected chi connectivity index (χ1v) is 24.5. The highest BCUT2D eigenvalue weighted by Gasteiger charge is 2.46. The molecular formula is C58H57BN2S. The smallest absolute Gasteiger partial charge is 0.333 e. The third-order valence-electron chi connectivity index (χ3n) is 15.5. The second kappa shape index (κ2) is 14.1. The van der Waals surface area contributed by atoms with Crippen LogP contribution in [0.5, 0.6) is 0 Å². The molecular weight excluding hydrogens is 768 g/mol. The number of rotatable bonds is 9. The Morgan fingerprint density at radius 1 is 0.581 bits per heavy atom. The fourth-order valence-electron chi connectivity index (χ4n) is 12.0. The van der Waals surface area contributed by atoms with E-state index in [1.807, 2.05) is 11.3 Å². The van der Waals surface area contributed by atoms with Crippen LogP contribution in [0.2, 0.25) is 0 Å². The van der Waals surface area contributed by atoms with Crippen molar-refractivity contribution in [1.29, 1.82) is 0 Å². The van der Waals surface area contributed by atoms with Gasteiger partial charge in [-0.1, -0.05) is 134 Å². The minimum Gasteiger partial charge on any atom is -0.376 e. The molecule has 0 amide bonds. The number of aryl methyl sites for hydroxylation is 2. The Hall–Kier alpha value is -5.32. The van der Waals surface area contributed by atoms with E-state index >= 15 is 0 Å². The number of hydrogen-bond acceptors (Lipinski definition) is 2. The van der Waals surface area contributed by atoms with Crippen molar-refractivity contribution < 1.29 is 0 Å². The molecule has 0 unspecified atom stereocenters. The summed E-state index contributed by atoms with van der Waals surface area (Å²) in [5.74, 6) is 0. The van der Waals surface area contributed by atoms with Crippen LogP contribution in [0.25, 0.3) is 69.6 Å². The van der Waals surface area contributed by atoms with E-state index in [0.717, 1.165) is 12.8 Å². The van der Waals surface area contributed by atoms with Gasteiger partial charge < -0.3 is 9.38 Å². The number of nitrogens with zero attached hydrogens (tertiary/aromatic N) is 2. The SMILES string of the molecule is CCCCCc1ccc(N2B3c4cc(CCCCC)ccc4-n4c5cc6c(cc5c5c7ccccc7c(c3c54)-c3cc4sc5ccccc5c4cc32)C(C)(C)CCC6(C)C)cc1. The van der Waals surface area contributed by atoms with Gasteiger partial charge >= 0.3 is 6.85 Å². The summed E-state index contributed by atoms with van der Waals surface area (Å²) in [5.41, 5.74) is 18.5. The number of hydrogen-bond donors (Lipinski definition) is 0. The molecule has 0 saturated carbocycles. The van der Waals surface area contributed by atoms with Gasteiger partial charge in [0.25, 0.3) is 0 Å². The summed E-state index contributed by atoms with van der Waals surface area (Å²) in [6.07, 6.45) is 12.1. The Morgan fingerprint density at radius 2 is 1.24 bits per heavy atom. The third-order valence-corrected chi connectivity index (χ3v) is 16.6. The minimum atomic E-state index is -0.00154. The van der Waals surface area contributed by atoms with Gasteiger partial charge in [-0.25, -0.2) is 0 Å². The number of unbranched alkanes of at least 4 members (excludes halogenated alkanes) is 4. The Labute approximate surface area is 371 Å². The molecule has 0 saturated heterocycles. The molecule has 0 fully saturated rings. The molecule has 0 N–H and O–H groups in total. The zero-order chi connectivity index (χ0) is 42.1. The van der Waals surface area contributed by atoms with E-state index < -0.39 is 0 Å². The topological polar surface area (TPSA) is 8.17 Å². The van der Waals surface area contributed by atoms with E-state index in [1.54, 1.807) is 0 Å². The molecule has 4 heteroatoms. The van der Waals surface area contributed by atoms with Crippen molar-refractivity contribution in [3.8, 4) is 16.8 Å². The van der Waals surface area contributed by atoms with Gasteiger partial charge in [0.05, 0.1) is 11.0 Å². The summed E-state index contributed by atoms with van der Waals surface area (Å²) >= 11 is 1.94. The second-order valence-corrected chi connectivity index (χ2v) is 21.4. The number of aromatic nitrogens is 1. The third kappa shape index (κ3) is 5.54. The maximum Gasteiger partial charge on any atom is 0.333 e. The molecule has 0 atom stereocenters. The summed E-state index contributed by atoms with van der Waals surface area (Å²) in [5, 5.41) is 8.25. The minimum absolute atomic E-state index is 0.00154. The Bertz CT molecular complexity index is 3290. The Morgan fingerprint density at radius 3 is 1.98 bits per heavy atom. The molecule has 308 valence electrons. The van der Waals surface area contributed by atoms with Crippen LogP contribution in [-0.4, -0.2) is 11.4 Å². The maximum atomic E-state index is 2.76. The average Bonchev–Trinajstić information content (AvgIpc) is 3.82. The van der Waals surface area contributed by atoms with Crippen molar-refractivity contribution in [2.45, 2.75) is 117 Å². The first-order valence-electron chi connectivity index (χ1n) is 23.7. The molecule has 2 aromatic heterocycles. The molecule has 62 heavy (non-hydrogen) atoms. The molecule has 0 bridgehead atoms. The molecule has 1 aliphatic carbocycles. The second-order valence-electron chi connectivity index (χ2n) is 20.3. The van der Waals surface area contributed by atoms with Crippen LogP contribution in [0.3, 0.4) is 0 Å². The van der Waals surface area contributed by atoms with Gasteiger partial charge in [0, 0.05) is 53.6 Å². The zero-order valence-corrected chi connectivity index (χ0v) is 38.2. The van der Waals surface area contributed by atoms with Gasteiger partial charge in [0.1, 0.15) is 0 Å². The summed E-state index contributed by atoms with van der Waals surface area (Å²) in [6.45, 7) is 14.5. The quantitative estimate of drug-likeness (QED) is 0.104. The van der Waals surface area contributed by atoms with Crippen LogP contribution >= 0.6 is 11.3 Å². The molecule has 2 aliphatic heterocycles. The number of anilines is 2. The van der Waals surface area contributed by atoms with Crippen molar-refractivity contribution in [2.75, 3.05) is 4.81 Å². The van der Waals surface area contributed by atoms with Gasteiger partial charge in [-0.05, 0) is 147 Å². The zero-order valence-electron chi connectivity index (χ0n) is 37.4. The molecule has 12 rings (SSSR count). The molecule has 9 aromatic rings. The molecule has 0 radical (unpaired) electrons. The highest BCUT2D eigenvalue weighted by molar-refractivity contribution is 7.25. The molecule has 0 spiro atoms. The van der Waals surface area contributed by atoms with E-state index in [0.29, 0.717) is 0 Å². The number of fused-ring (bicyclic) bond motifs is 15. The Kier molecular flexibility index (Phi) is 8.72. The van der Waals surface area contributed by atoms with E-state index in [2.05, 4.69) is 166 Å². The highest BCUT2D eigenvalue weighted by atomic mass is 32.1. The lowest BCUT2D eigenvalue weighted by molar-refractivity contribution is 0.332. The molecule has 2 nitrogen and oxygen atoms in total. The molecule has 7 aromatic carbocycles. The number of thiophene rings is 1. The van der Waals surface area contributed by atoms with Gasteiger partial charge in [-0.15, -0.1) is 11.3 Å². The van der Waals surface area contributed by atoms with Crippen LogP contribution in [-0.2, 0) is 23.7 Å². The molecule has 4 heterocycles. The normalized spacial score (nSPS) is 15.8. The highest BCUT2D eigenvalue weighted by Crippen LogP contribution is 2.53. The van der Waals surface area contributed by atoms with E-state index in [-0.39, 0.29) is 17.7 Å². The van der Waals surface area contributed by atoms with Gasteiger partial charge in [-0.3, -0.25) is 0 Å². The fourth-order valence-corrected chi connectivity index (χ4v) is 13.2. The summed E-state index contributed by atoms with van der Waals surface area (Å²) < 4.78 is 5.44. The summed E-state index contributed by atoms with van der Waals surface area (Å²) in [4.78, 5) is 2.76. The van der Waals surface area contributed by atoms with E-state index in [9.17, 15) is 0 Å². The first-order chi connectivity index (χ1) is 30.2. The summed E-state index contributed by atoms with van der Waals surface area (Å²) in [6, 6.07) is 46.2. The monoisotopic (exact) mass is 824 g/mol. The standard InChI is InChI=1S/C58H57BN2S/c1-7-9-11-17-36-23-26-38(27-24-36)61-50-33-42-39-19-15-16-22-51(39)62-52(42)34-44(50)53-40-20-13-14-21-41(40)54-43-32-45-46(58(5,6)30-29-57(45,3)4)35-49(43)60-48-28-25-37(18-12-10-8-2)31-47(48)59(61)55(53)56(54)60/h13-16,19-28,31-35H,7-12,17-18,29-30H2,1-6H3. The lowest BCUT2D eigenvalue weighted by Gasteiger charge is -2.43. The summed E-state index contributed by atoms with van der Waals surface area (Å²) in [7, 11) is 0. The number of benzene rings is 7. The van der Waals surface area contributed by atoms with Crippen molar-refractivity contribution in [2.24, 2.45) is 0 Å². The first kappa shape index (κ1) is 38.4. The molecule has 3 aliphatic rings. The van der Waals surface area contributed by atoms with Crippen LogP contribution in [0.4, 0.5) is 11.4 Å². The van der Waals surface area contributed by atoms with Crippen molar-refractivity contribution in [1.82, 2.24) is 4.57 Å². The predicted octanol–water partition coefficient (Wildman–Crippen LogP) is 15.4. The van der Waals surface area contributed by atoms with Crippen molar-refractivity contribution >= 4 is 93.2 Å². The van der Waals surface area contributed by atoms with E-state index in [1.165, 1.54) is 165 Å². The lowest BCUT2D eigenvalue weighted by atomic mass is 9.43. The predicted molar refractivity (Wildman–Crippen MR) is 272 cm³/mol. The van der Waals surface area contributed by atoms with Crippen LogP contribution in [0.15, 0.2) is 115 Å². The van der Waals surface area contributed by atoms with Crippen LogP contribution in [0.1, 0.15) is 115 Å². The van der Waals surface area contributed by atoms with Gasteiger partial charge in [-0.2, -0.15) is 0 Å². The van der Waals surface area contributed by atoms with Crippen molar-refractivity contribution in [3.63, 3.8) is 0 Å². The largest absolute Gasteiger partial charge is 0.376 e. The maximum absolute atomic E-state index is 2.76. The fraction of sp³-hybridized carbons (Fsp3) is 0.310. The van der Waals surface area contributed by atoms with Crippen LogP contribution in [0, 0.1) is 0 Å². The van der Waals surface area contributed by atoms with Crippen molar-refractivity contribution in [3.05, 3.63) is 138 Å².